The minimum Gasteiger partial charge on any atom is -0.452 e. The number of imide groups is 1. The van der Waals surface area contributed by atoms with E-state index in [4.69, 9.17) is 4.74 Å². The molecule has 2 N–H and O–H groups in total. The van der Waals surface area contributed by atoms with Gasteiger partial charge in [0.15, 0.2) is 6.61 Å². The second-order valence-corrected chi connectivity index (χ2v) is 7.08. The maximum atomic E-state index is 13.3. The number of esters is 1. The highest BCUT2D eigenvalue weighted by atomic mass is 16.5. The van der Waals surface area contributed by atoms with E-state index in [0.29, 0.717) is 17.7 Å². The van der Waals surface area contributed by atoms with Gasteiger partial charge in [-0.25, -0.2) is 9.59 Å². The van der Waals surface area contributed by atoms with Crippen molar-refractivity contribution in [2.45, 2.75) is 38.3 Å². The van der Waals surface area contributed by atoms with Crippen LogP contribution >= 0.6 is 0 Å². The first-order valence-electron chi connectivity index (χ1n) is 9.79. The maximum absolute atomic E-state index is 13.3. The number of amides is 5. The van der Waals surface area contributed by atoms with E-state index in [1.54, 1.807) is 24.3 Å². The summed E-state index contributed by atoms with van der Waals surface area (Å²) >= 11 is 0. The van der Waals surface area contributed by atoms with Gasteiger partial charge in [-0.3, -0.25) is 24.6 Å². The Labute approximate surface area is 173 Å². The number of ether oxygens (including phenoxy) is 1. The summed E-state index contributed by atoms with van der Waals surface area (Å²) in [7, 11) is 1.34. The largest absolute Gasteiger partial charge is 0.452 e. The first-order chi connectivity index (χ1) is 14.4. The number of urea groups is 1. The number of nitrogens with one attached hydrogen (secondary N) is 2. The Hall–Kier alpha value is -3.43. The summed E-state index contributed by atoms with van der Waals surface area (Å²) in [5.41, 5.74) is -0.959. The summed E-state index contributed by atoms with van der Waals surface area (Å²) in [5, 5.41) is 4.21. The number of benzene rings is 1. The van der Waals surface area contributed by atoms with Crippen LogP contribution in [0.2, 0.25) is 0 Å². The van der Waals surface area contributed by atoms with Gasteiger partial charge in [-0.05, 0) is 18.6 Å². The highest BCUT2D eigenvalue weighted by Crippen LogP contribution is 2.45. The number of nitrogens with zero attached hydrogens (tertiary/aromatic N) is 2. The molecule has 10 nitrogen and oxygen atoms in total. The Morgan fingerprint density at radius 2 is 1.93 bits per heavy atom. The monoisotopic (exact) mass is 416 g/mol. The van der Waals surface area contributed by atoms with Crippen LogP contribution in [0.25, 0.3) is 0 Å². The number of carbonyl (C=O) groups is 5. The average molecular weight is 416 g/mol. The SMILES string of the molecule is CCCCN1C(=O)c2ccccc2N2C(=O)CC[C@]12C(=O)OCC(=O)NC(=O)NC. The van der Waals surface area contributed by atoms with Gasteiger partial charge < -0.3 is 15.0 Å². The number of carbonyl (C=O) groups excluding carboxylic acids is 5. The van der Waals surface area contributed by atoms with Gasteiger partial charge in [0.2, 0.25) is 11.6 Å². The summed E-state index contributed by atoms with van der Waals surface area (Å²) in [6.45, 7) is 1.49. The first kappa shape index (κ1) is 21.3. The van der Waals surface area contributed by atoms with Crippen LogP contribution in [0.3, 0.4) is 0 Å². The summed E-state index contributed by atoms with van der Waals surface area (Å²) in [6, 6.07) is 5.89. The Kier molecular flexibility index (Phi) is 6.04. The molecule has 1 atom stereocenters. The molecule has 0 bridgehead atoms. The Bertz CT molecular complexity index is 901. The third kappa shape index (κ3) is 3.49. The molecule has 0 saturated carbocycles. The molecule has 0 unspecified atom stereocenters. The second kappa shape index (κ2) is 8.52. The standard InChI is InChI=1S/C20H24N4O6/c1-3-4-11-23-17(27)13-7-5-6-8-14(13)24-16(26)9-10-20(23,24)18(28)30-12-15(25)22-19(29)21-2/h5-8H,3-4,9-12H2,1-2H3,(H2,21,22,25,29)/t20-/m0/s1. The zero-order valence-electron chi connectivity index (χ0n) is 16.9. The van der Waals surface area contributed by atoms with Crippen molar-refractivity contribution in [3.05, 3.63) is 29.8 Å². The van der Waals surface area contributed by atoms with Crippen molar-refractivity contribution in [1.29, 1.82) is 0 Å². The van der Waals surface area contributed by atoms with Crippen LogP contribution in [-0.2, 0) is 19.1 Å². The minimum absolute atomic E-state index is 0.0593. The lowest BCUT2D eigenvalue weighted by Gasteiger charge is -2.48. The quantitative estimate of drug-likeness (QED) is 0.660. The Morgan fingerprint density at radius 3 is 2.63 bits per heavy atom. The molecular formula is C20H24N4O6. The Balaban J connectivity index is 1.96. The maximum Gasteiger partial charge on any atom is 0.354 e. The van der Waals surface area contributed by atoms with Crippen molar-refractivity contribution >= 4 is 35.4 Å². The summed E-state index contributed by atoms with van der Waals surface area (Å²) in [6.07, 6.45) is 1.52. The molecule has 3 rings (SSSR count). The molecule has 160 valence electrons. The number of unbranched alkanes of at least 4 members (excludes halogenated alkanes) is 1. The van der Waals surface area contributed by atoms with Crippen LogP contribution in [0.4, 0.5) is 10.5 Å². The number of hydrogen-bond donors (Lipinski definition) is 2. The predicted molar refractivity (Wildman–Crippen MR) is 105 cm³/mol. The van der Waals surface area contributed by atoms with E-state index in [2.05, 4.69) is 5.32 Å². The number of fused-ring (bicyclic) bond motifs is 3. The number of hydrogen-bond acceptors (Lipinski definition) is 6. The van der Waals surface area contributed by atoms with E-state index in [1.165, 1.54) is 16.8 Å². The molecule has 0 aliphatic carbocycles. The Morgan fingerprint density at radius 1 is 1.20 bits per heavy atom. The third-order valence-electron chi connectivity index (χ3n) is 5.25. The fourth-order valence-corrected chi connectivity index (χ4v) is 3.84. The van der Waals surface area contributed by atoms with E-state index in [0.717, 1.165) is 6.42 Å². The minimum atomic E-state index is -1.65. The van der Waals surface area contributed by atoms with Crippen molar-refractivity contribution in [2.24, 2.45) is 0 Å². The topological polar surface area (TPSA) is 125 Å². The third-order valence-corrected chi connectivity index (χ3v) is 5.25. The molecule has 1 saturated heterocycles. The van der Waals surface area contributed by atoms with Gasteiger partial charge in [0.25, 0.3) is 11.8 Å². The van der Waals surface area contributed by atoms with Crippen LogP contribution in [0, 0.1) is 0 Å². The molecule has 0 spiro atoms. The van der Waals surface area contributed by atoms with E-state index < -0.39 is 30.2 Å². The number of anilines is 1. The smallest absolute Gasteiger partial charge is 0.354 e. The van der Waals surface area contributed by atoms with Crippen LogP contribution in [-0.4, -0.2) is 60.5 Å². The zero-order valence-corrected chi connectivity index (χ0v) is 16.9. The molecule has 2 heterocycles. The van der Waals surface area contributed by atoms with Gasteiger partial charge in [-0.1, -0.05) is 25.5 Å². The lowest BCUT2D eigenvalue weighted by molar-refractivity contribution is -0.160. The molecule has 30 heavy (non-hydrogen) atoms. The van der Waals surface area contributed by atoms with Crippen molar-refractivity contribution in [3.8, 4) is 0 Å². The van der Waals surface area contributed by atoms with Gasteiger partial charge >= 0.3 is 12.0 Å². The van der Waals surface area contributed by atoms with Crippen molar-refractivity contribution in [1.82, 2.24) is 15.5 Å². The zero-order chi connectivity index (χ0) is 21.9. The van der Waals surface area contributed by atoms with E-state index in [1.807, 2.05) is 12.2 Å². The fraction of sp³-hybridized carbons (Fsp3) is 0.450. The van der Waals surface area contributed by atoms with E-state index in [-0.39, 0.29) is 31.2 Å². The van der Waals surface area contributed by atoms with E-state index in [9.17, 15) is 24.0 Å². The van der Waals surface area contributed by atoms with Gasteiger partial charge in [0.05, 0.1) is 11.3 Å². The molecule has 1 fully saturated rings. The van der Waals surface area contributed by atoms with Crippen molar-refractivity contribution in [2.75, 3.05) is 25.1 Å². The molecule has 2 aliphatic heterocycles. The number of para-hydroxylation sites is 1. The predicted octanol–water partition coefficient (Wildman–Crippen LogP) is 0.764. The number of rotatable bonds is 6. The lowest BCUT2D eigenvalue weighted by Crippen LogP contribution is -2.68. The van der Waals surface area contributed by atoms with Crippen LogP contribution in [0.15, 0.2) is 24.3 Å². The molecule has 10 heteroatoms. The van der Waals surface area contributed by atoms with E-state index >= 15 is 0 Å². The summed E-state index contributed by atoms with van der Waals surface area (Å²) in [4.78, 5) is 65.1. The molecule has 1 aromatic carbocycles. The first-order valence-corrected chi connectivity index (χ1v) is 9.79. The van der Waals surface area contributed by atoms with Gasteiger partial charge in [0, 0.05) is 26.4 Å². The molecule has 2 aliphatic rings. The average Bonchev–Trinajstić information content (AvgIpc) is 3.10. The highest BCUT2D eigenvalue weighted by molar-refractivity contribution is 6.15. The van der Waals surface area contributed by atoms with Gasteiger partial charge in [-0.15, -0.1) is 0 Å². The highest BCUT2D eigenvalue weighted by Gasteiger charge is 2.61. The van der Waals surface area contributed by atoms with Gasteiger partial charge in [-0.2, -0.15) is 0 Å². The van der Waals surface area contributed by atoms with Crippen LogP contribution in [0.5, 0.6) is 0 Å². The summed E-state index contributed by atoms with van der Waals surface area (Å²) in [5.74, 6) is -2.36. The summed E-state index contributed by atoms with van der Waals surface area (Å²) < 4.78 is 5.20. The lowest BCUT2D eigenvalue weighted by atomic mass is 9.96. The van der Waals surface area contributed by atoms with Crippen molar-refractivity contribution < 1.29 is 28.7 Å². The molecule has 5 amide bonds. The fourth-order valence-electron chi connectivity index (χ4n) is 3.84. The van der Waals surface area contributed by atoms with Crippen LogP contribution in [0.1, 0.15) is 43.0 Å². The molecular weight excluding hydrogens is 392 g/mol. The van der Waals surface area contributed by atoms with Gasteiger partial charge in [0.1, 0.15) is 0 Å². The van der Waals surface area contributed by atoms with Crippen LogP contribution < -0.4 is 15.5 Å². The molecule has 0 aromatic heterocycles. The molecule has 0 radical (unpaired) electrons. The second-order valence-electron chi connectivity index (χ2n) is 7.08. The normalized spacial score (nSPS) is 19.8. The van der Waals surface area contributed by atoms with Crippen molar-refractivity contribution in [3.63, 3.8) is 0 Å². The molecule has 1 aromatic rings.